The van der Waals surface area contributed by atoms with E-state index < -0.39 is 12.0 Å². The molecule has 0 aliphatic rings. The van der Waals surface area contributed by atoms with E-state index in [0.717, 1.165) is 18.7 Å². The molecule has 0 saturated carbocycles. The predicted molar refractivity (Wildman–Crippen MR) is 61.3 cm³/mol. The Kier molecular flexibility index (Phi) is 4.68. The Hall–Kier alpha value is -1.85. The largest absolute Gasteiger partial charge is 0.481 e. The van der Waals surface area contributed by atoms with Crippen LogP contribution in [0.2, 0.25) is 0 Å². The standard InChI is InChI=1S/C11H17N3O3/c1-3-4-14-7-12-6-10(14)9(5-11(16)17)13-8(2)15/h6-7,9H,3-5H2,1-2H3,(H,13,15)(H,16,17). The van der Waals surface area contributed by atoms with Crippen molar-refractivity contribution in [2.24, 2.45) is 0 Å². The highest BCUT2D eigenvalue weighted by molar-refractivity contribution is 5.75. The van der Waals surface area contributed by atoms with Gasteiger partial charge in [0.2, 0.25) is 5.91 Å². The number of carboxylic acids is 1. The number of carbonyl (C=O) groups excluding carboxylic acids is 1. The number of carbonyl (C=O) groups is 2. The van der Waals surface area contributed by atoms with E-state index in [9.17, 15) is 9.59 Å². The Bertz CT molecular complexity index is 384. The number of rotatable bonds is 6. The zero-order valence-corrected chi connectivity index (χ0v) is 10.0. The highest BCUT2D eigenvalue weighted by atomic mass is 16.4. The summed E-state index contributed by atoms with van der Waals surface area (Å²) in [5.41, 5.74) is 0.726. The molecule has 1 aromatic heterocycles. The number of nitrogens with zero attached hydrogens (tertiary/aromatic N) is 2. The van der Waals surface area contributed by atoms with Gasteiger partial charge in [0, 0.05) is 13.5 Å². The molecule has 6 nitrogen and oxygen atoms in total. The fourth-order valence-corrected chi connectivity index (χ4v) is 1.70. The van der Waals surface area contributed by atoms with Gasteiger partial charge in [-0.2, -0.15) is 0 Å². The van der Waals surface area contributed by atoms with Crippen molar-refractivity contribution in [2.75, 3.05) is 0 Å². The predicted octanol–water partition coefficient (Wildman–Crippen LogP) is 0.945. The van der Waals surface area contributed by atoms with Crippen molar-refractivity contribution in [1.29, 1.82) is 0 Å². The number of hydrogen-bond donors (Lipinski definition) is 2. The van der Waals surface area contributed by atoms with Gasteiger partial charge < -0.3 is 15.0 Å². The van der Waals surface area contributed by atoms with Gasteiger partial charge in [-0.15, -0.1) is 0 Å². The normalized spacial score (nSPS) is 12.1. The van der Waals surface area contributed by atoms with E-state index in [2.05, 4.69) is 10.3 Å². The first kappa shape index (κ1) is 13.2. The topological polar surface area (TPSA) is 84.2 Å². The van der Waals surface area contributed by atoms with Crippen molar-refractivity contribution < 1.29 is 14.7 Å². The summed E-state index contributed by atoms with van der Waals surface area (Å²) < 4.78 is 1.86. The summed E-state index contributed by atoms with van der Waals surface area (Å²) in [7, 11) is 0. The van der Waals surface area contributed by atoms with Crippen LogP contribution in [0.1, 0.15) is 38.4 Å². The maximum absolute atomic E-state index is 11.1. The molecule has 1 atom stereocenters. The van der Waals surface area contributed by atoms with Gasteiger partial charge in [-0.3, -0.25) is 9.59 Å². The zero-order chi connectivity index (χ0) is 12.8. The van der Waals surface area contributed by atoms with Crippen LogP contribution in [0.5, 0.6) is 0 Å². The van der Waals surface area contributed by atoms with E-state index >= 15 is 0 Å². The maximum atomic E-state index is 11.1. The van der Waals surface area contributed by atoms with Crippen molar-refractivity contribution in [3.8, 4) is 0 Å². The molecule has 0 aliphatic heterocycles. The number of carboxylic acid groups (broad SMARTS) is 1. The first-order valence-corrected chi connectivity index (χ1v) is 5.53. The highest BCUT2D eigenvalue weighted by Gasteiger charge is 2.19. The second-order valence-corrected chi connectivity index (χ2v) is 3.86. The lowest BCUT2D eigenvalue weighted by molar-refractivity contribution is -0.137. The number of amides is 1. The average molecular weight is 239 g/mol. The summed E-state index contributed by atoms with van der Waals surface area (Å²) in [6.07, 6.45) is 4.02. The molecule has 0 aliphatic carbocycles. The van der Waals surface area contributed by atoms with E-state index in [1.807, 2.05) is 11.5 Å². The third kappa shape index (κ3) is 3.90. The van der Waals surface area contributed by atoms with E-state index in [1.54, 1.807) is 12.5 Å². The van der Waals surface area contributed by atoms with Gasteiger partial charge in [0.25, 0.3) is 0 Å². The summed E-state index contributed by atoms with van der Waals surface area (Å²) in [5, 5.41) is 11.5. The van der Waals surface area contributed by atoms with Gasteiger partial charge in [-0.25, -0.2) is 4.98 Å². The highest BCUT2D eigenvalue weighted by Crippen LogP contribution is 2.17. The molecule has 1 unspecified atom stereocenters. The molecule has 0 radical (unpaired) electrons. The number of aryl methyl sites for hydroxylation is 1. The molecular formula is C11H17N3O3. The molecule has 1 aromatic rings. The molecule has 0 aromatic carbocycles. The molecule has 0 saturated heterocycles. The second kappa shape index (κ2) is 6.03. The summed E-state index contributed by atoms with van der Waals surface area (Å²) in [6, 6.07) is -0.529. The number of nitrogens with one attached hydrogen (secondary N) is 1. The average Bonchev–Trinajstić information content (AvgIpc) is 2.64. The van der Waals surface area contributed by atoms with Gasteiger partial charge in [0.15, 0.2) is 0 Å². The van der Waals surface area contributed by atoms with Crippen LogP contribution in [0.3, 0.4) is 0 Å². The van der Waals surface area contributed by atoms with Gasteiger partial charge in [0.05, 0.1) is 30.7 Å². The fourth-order valence-electron chi connectivity index (χ4n) is 1.70. The zero-order valence-electron chi connectivity index (χ0n) is 10.0. The van der Waals surface area contributed by atoms with Gasteiger partial charge in [-0.1, -0.05) is 6.92 Å². The molecule has 6 heteroatoms. The lowest BCUT2D eigenvalue weighted by Gasteiger charge is -2.17. The van der Waals surface area contributed by atoms with Crippen LogP contribution in [0, 0.1) is 0 Å². The van der Waals surface area contributed by atoms with Gasteiger partial charge >= 0.3 is 5.97 Å². The molecule has 1 heterocycles. The van der Waals surface area contributed by atoms with Crippen molar-refractivity contribution in [2.45, 2.75) is 39.3 Å². The Morgan fingerprint density at radius 3 is 2.82 bits per heavy atom. The number of aromatic nitrogens is 2. The van der Waals surface area contributed by atoms with E-state index in [4.69, 9.17) is 5.11 Å². The number of aliphatic carboxylic acids is 1. The summed E-state index contributed by atoms with van der Waals surface area (Å²) in [5.74, 6) is -1.20. The van der Waals surface area contributed by atoms with Crippen molar-refractivity contribution in [3.63, 3.8) is 0 Å². The molecule has 1 amide bonds. The monoisotopic (exact) mass is 239 g/mol. The van der Waals surface area contributed by atoms with Crippen molar-refractivity contribution in [3.05, 3.63) is 18.2 Å². The Labute approximate surface area is 99.7 Å². The minimum Gasteiger partial charge on any atom is -0.481 e. The maximum Gasteiger partial charge on any atom is 0.305 e. The smallest absolute Gasteiger partial charge is 0.305 e. The van der Waals surface area contributed by atoms with Crippen LogP contribution < -0.4 is 5.32 Å². The minimum absolute atomic E-state index is 0.144. The SMILES string of the molecule is CCCn1cncc1C(CC(=O)O)NC(C)=O. The molecule has 94 valence electrons. The lowest BCUT2D eigenvalue weighted by atomic mass is 10.1. The third-order valence-corrected chi connectivity index (χ3v) is 2.32. The van der Waals surface area contributed by atoms with Crippen LogP contribution >= 0.6 is 0 Å². The second-order valence-electron chi connectivity index (χ2n) is 3.86. The number of hydrogen-bond acceptors (Lipinski definition) is 3. The molecule has 17 heavy (non-hydrogen) atoms. The van der Waals surface area contributed by atoms with E-state index in [-0.39, 0.29) is 12.3 Å². The summed E-state index contributed by atoms with van der Waals surface area (Å²) >= 11 is 0. The molecule has 1 rings (SSSR count). The molecular weight excluding hydrogens is 222 g/mol. The molecule has 0 fully saturated rings. The molecule has 0 spiro atoms. The van der Waals surface area contributed by atoms with Crippen molar-refractivity contribution >= 4 is 11.9 Å². The summed E-state index contributed by atoms with van der Waals surface area (Å²) in [4.78, 5) is 25.8. The quantitative estimate of drug-likeness (QED) is 0.774. The van der Waals surface area contributed by atoms with Crippen molar-refractivity contribution in [1.82, 2.24) is 14.9 Å². The van der Waals surface area contributed by atoms with Crippen LogP contribution in [0.15, 0.2) is 12.5 Å². The van der Waals surface area contributed by atoms with Crippen LogP contribution in [0.4, 0.5) is 0 Å². The fraction of sp³-hybridized carbons (Fsp3) is 0.545. The number of imidazole rings is 1. The minimum atomic E-state index is -0.951. The first-order chi connectivity index (χ1) is 8.04. The van der Waals surface area contributed by atoms with Crippen LogP contribution in [-0.2, 0) is 16.1 Å². The van der Waals surface area contributed by atoms with Gasteiger partial charge in [0.1, 0.15) is 0 Å². The Morgan fingerprint density at radius 2 is 2.29 bits per heavy atom. The van der Waals surface area contributed by atoms with E-state index in [1.165, 1.54) is 6.92 Å². The lowest BCUT2D eigenvalue weighted by Crippen LogP contribution is -2.29. The van der Waals surface area contributed by atoms with Crippen LogP contribution in [-0.4, -0.2) is 26.5 Å². The molecule has 0 bridgehead atoms. The van der Waals surface area contributed by atoms with E-state index in [0.29, 0.717) is 0 Å². The first-order valence-electron chi connectivity index (χ1n) is 5.53. The summed E-state index contributed by atoms with van der Waals surface area (Å²) in [6.45, 7) is 4.15. The van der Waals surface area contributed by atoms with Crippen LogP contribution in [0.25, 0.3) is 0 Å². The Balaban J connectivity index is 2.90. The van der Waals surface area contributed by atoms with Gasteiger partial charge in [-0.05, 0) is 6.42 Å². The third-order valence-electron chi connectivity index (χ3n) is 2.32. The molecule has 2 N–H and O–H groups in total. The Morgan fingerprint density at radius 1 is 1.59 bits per heavy atom.